The number of hydrogen-bond donors (Lipinski definition) is 0. The number of aromatic nitrogens is 1. The molecule has 1 aliphatic heterocycles. The lowest BCUT2D eigenvalue weighted by Gasteiger charge is -2.26. The highest BCUT2D eigenvalue weighted by Gasteiger charge is 2.27. The number of likely N-dealkylation sites (N-methyl/N-ethyl adjacent to an activating group) is 1. The lowest BCUT2D eigenvalue weighted by Crippen LogP contribution is -2.40. The minimum absolute atomic E-state index is 0.0481. The summed E-state index contributed by atoms with van der Waals surface area (Å²) in [5.74, 6) is -0.128. The van der Waals surface area contributed by atoms with Crippen LogP contribution in [0.15, 0.2) is 24.4 Å². The maximum Gasteiger partial charge on any atom is 0.410 e. The van der Waals surface area contributed by atoms with Crippen molar-refractivity contribution in [1.82, 2.24) is 14.8 Å². The molecule has 2 amide bonds. The maximum absolute atomic E-state index is 12.1. The van der Waals surface area contributed by atoms with Crippen molar-refractivity contribution in [3.8, 4) is 0 Å². The summed E-state index contributed by atoms with van der Waals surface area (Å²) in [6.45, 7) is 2.77. The SMILES string of the molecule is C[C@@H](c1ccccn1)N(C)C(=O)CN1CCOC1=O. The van der Waals surface area contributed by atoms with Gasteiger partial charge in [0.1, 0.15) is 13.2 Å². The van der Waals surface area contributed by atoms with Crippen LogP contribution in [0.1, 0.15) is 18.7 Å². The van der Waals surface area contributed by atoms with Crippen molar-refractivity contribution in [3.63, 3.8) is 0 Å². The number of cyclic esters (lactones) is 1. The standard InChI is InChI=1S/C13H17N3O3/c1-10(11-5-3-4-6-14-11)15(2)12(17)9-16-7-8-19-13(16)18/h3-6,10H,7-9H2,1-2H3/t10-/m0/s1. The minimum atomic E-state index is -0.424. The number of carbonyl (C=O) groups is 2. The third kappa shape index (κ3) is 3.01. The van der Waals surface area contributed by atoms with Gasteiger partial charge < -0.3 is 9.64 Å². The molecule has 1 fully saturated rings. The predicted octanol–water partition coefficient (Wildman–Crippen LogP) is 1.05. The van der Waals surface area contributed by atoms with Gasteiger partial charge in [-0.1, -0.05) is 6.07 Å². The highest BCUT2D eigenvalue weighted by molar-refractivity contribution is 5.83. The van der Waals surface area contributed by atoms with E-state index in [1.807, 2.05) is 25.1 Å². The molecule has 0 aliphatic carbocycles. The Kier molecular flexibility index (Phi) is 3.99. The van der Waals surface area contributed by atoms with Crippen LogP contribution in [0.3, 0.4) is 0 Å². The number of nitrogens with zero attached hydrogens (tertiary/aromatic N) is 3. The summed E-state index contributed by atoms with van der Waals surface area (Å²) in [5.41, 5.74) is 0.822. The summed E-state index contributed by atoms with van der Waals surface area (Å²) in [7, 11) is 1.71. The van der Waals surface area contributed by atoms with Gasteiger partial charge in [-0.05, 0) is 19.1 Å². The third-order valence-electron chi connectivity index (χ3n) is 3.26. The quantitative estimate of drug-likeness (QED) is 0.814. The van der Waals surface area contributed by atoms with Gasteiger partial charge in [0, 0.05) is 13.2 Å². The fourth-order valence-electron chi connectivity index (χ4n) is 1.88. The fourth-order valence-corrected chi connectivity index (χ4v) is 1.88. The van der Waals surface area contributed by atoms with E-state index in [1.54, 1.807) is 18.1 Å². The van der Waals surface area contributed by atoms with E-state index >= 15 is 0 Å². The monoisotopic (exact) mass is 263 g/mol. The molecule has 102 valence electrons. The van der Waals surface area contributed by atoms with Gasteiger partial charge in [-0.3, -0.25) is 14.7 Å². The molecule has 0 saturated carbocycles. The van der Waals surface area contributed by atoms with E-state index in [-0.39, 0.29) is 18.5 Å². The van der Waals surface area contributed by atoms with Gasteiger partial charge in [0.25, 0.3) is 0 Å². The van der Waals surface area contributed by atoms with Crippen molar-refractivity contribution in [3.05, 3.63) is 30.1 Å². The molecule has 1 atom stereocenters. The second-order valence-corrected chi connectivity index (χ2v) is 4.47. The summed E-state index contributed by atoms with van der Waals surface area (Å²) >= 11 is 0. The Morgan fingerprint density at radius 1 is 1.58 bits per heavy atom. The molecule has 0 spiro atoms. The maximum atomic E-state index is 12.1. The van der Waals surface area contributed by atoms with Crippen LogP contribution in [0.4, 0.5) is 4.79 Å². The molecular weight excluding hydrogens is 246 g/mol. The summed E-state index contributed by atoms with van der Waals surface area (Å²) in [4.78, 5) is 30.6. The molecule has 6 nitrogen and oxygen atoms in total. The molecule has 19 heavy (non-hydrogen) atoms. The van der Waals surface area contributed by atoms with Crippen LogP contribution < -0.4 is 0 Å². The van der Waals surface area contributed by atoms with Crippen LogP contribution >= 0.6 is 0 Å². The minimum Gasteiger partial charge on any atom is -0.448 e. The molecule has 0 bridgehead atoms. The van der Waals surface area contributed by atoms with Gasteiger partial charge in [0.05, 0.1) is 18.3 Å². The zero-order valence-electron chi connectivity index (χ0n) is 11.1. The van der Waals surface area contributed by atoms with Crippen molar-refractivity contribution in [2.45, 2.75) is 13.0 Å². The molecule has 1 aliphatic rings. The highest BCUT2D eigenvalue weighted by Crippen LogP contribution is 2.16. The van der Waals surface area contributed by atoms with Crippen molar-refractivity contribution >= 4 is 12.0 Å². The molecule has 0 unspecified atom stereocenters. The smallest absolute Gasteiger partial charge is 0.410 e. The molecule has 6 heteroatoms. The van der Waals surface area contributed by atoms with Crippen molar-refractivity contribution in [1.29, 1.82) is 0 Å². The van der Waals surface area contributed by atoms with E-state index in [2.05, 4.69) is 4.98 Å². The van der Waals surface area contributed by atoms with Crippen LogP contribution in [0.2, 0.25) is 0 Å². The first kappa shape index (κ1) is 13.3. The number of hydrogen-bond acceptors (Lipinski definition) is 4. The Hall–Kier alpha value is -2.11. The van der Waals surface area contributed by atoms with Crippen LogP contribution in [0.25, 0.3) is 0 Å². The second-order valence-electron chi connectivity index (χ2n) is 4.47. The Morgan fingerprint density at radius 3 is 2.95 bits per heavy atom. The summed E-state index contributed by atoms with van der Waals surface area (Å²) in [6.07, 6.45) is 1.27. The van der Waals surface area contributed by atoms with Crippen LogP contribution in [-0.4, -0.2) is 53.5 Å². The zero-order chi connectivity index (χ0) is 13.8. The Labute approximate surface area is 112 Å². The van der Waals surface area contributed by atoms with Crippen molar-refractivity contribution in [2.75, 3.05) is 26.7 Å². The molecule has 0 aromatic carbocycles. The van der Waals surface area contributed by atoms with E-state index in [4.69, 9.17) is 4.74 Å². The number of pyridine rings is 1. The molecule has 1 aromatic heterocycles. The normalized spacial score (nSPS) is 16.1. The van der Waals surface area contributed by atoms with Crippen LogP contribution in [0.5, 0.6) is 0 Å². The topological polar surface area (TPSA) is 62.7 Å². The predicted molar refractivity (Wildman–Crippen MR) is 68.3 cm³/mol. The van der Waals surface area contributed by atoms with Gasteiger partial charge in [-0.25, -0.2) is 4.79 Å². The Balaban J connectivity index is 1.97. The highest BCUT2D eigenvalue weighted by atomic mass is 16.6. The first-order valence-electron chi connectivity index (χ1n) is 6.18. The largest absolute Gasteiger partial charge is 0.448 e. The zero-order valence-corrected chi connectivity index (χ0v) is 11.1. The second kappa shape index (κ2) is 5.69. The number of ether oxygens (including phenoxy) is 1. The molecule has 0 N–H and O–H groups in total. The molecule has 0 radical (unpaired) electrons. The van der Waals surface area contributed by atoms with E-state index in [0.717, 1.165) is 5.69 Å². The molecule has 1 aromatic rings. The first-order chi connectivity index (χ1) is 9.09. The van der Waals surface area contributed by atoms with Gasteiger partial charge >= 0.3 is 6.09 Å². The average Bonchev–Trinajstić information content (AvgIpc) is 2.83. The number of rotatable bonds is 4. The number of amides is 2. The summed E-state index contributed by atoms with van der Waals surface area (Å²) < 4.78 is 4.80. The third-order valence-corrected chi connectivity index (χ3v) is 3.26. The molecular formula is C13H17N3O3. The van der Waals surface area contributed by atoms with Crippen LogP contribution in [0, 0.1) is 0 Å². The molecule has 2 heterocycles. The van der Waals surface area contributed by atoms with E-state index in [9.17, 15) is 9.59 Å². The van der Waals surface area contributed by atoms with Gasteiger partial charge in [0.15, 0.2) is 0 Å². The fraction of sp³-hybridized carbons (Fsp3) is 0.462. The lowest BCUT2D eigenvalue weighted by atomic mass is 10.2. The van der Waals surface area contributed by atoms with Crippen LogP contribution in [-0.2, 0) is 9.53 Å². The van der Waals surface area contributed by atoms with E-state index in [0.29, 0.717) is 13.2 Å². The summed E-state index contributed by atoms with van der Waals surface area (Å²) in [5, 5.41) is 0. The summed E-state index contributed by atoms with van der Waals surface area (Å²) in [6, 6.07) is 5.46. The average molecular weight is 263 g/mol. The molecule has 1 saturated heterocycles. The van der Waals surface area contributed by atoms with E-state index in [1.165, 1.54) is 4.90 Å². The Morgan fingerprint density at radius 2 is 2.37 bits per heavy atom. The van der Waals surface area contributed by atoms with Crippen molar-refractivity contribution < 1.29 is 14.3 Å². The van der Waals surface area contributed by atoms with E-state index < -0.39 is 6.09 Å². The first-order valence-corrected chi connectivity index (χ1v) is 6.18. The number of carbonyl (C=O) groups excluding carboxylic acids is 2. The van der Waals surface area contributed by atoms with Gasteiger partial charge in [0.2, 0.25) is 5.91 Å². The van der Waals surface area contributed by atoms with Gasteiger partial charge in [-0.15, -0.1) is 0 Å². The molecule has 2 rings (SSSR count). The van der Waals surface area contributed by atoms with Crippen molar-refractivity contribution in [2.24, 2.45) is 0 Å². The Bertz CT molecular complexity index is 463. The lowest BCUT2D eigenvalue weighted by molar-refractivity contribution is -0.132. The van der Waals surface area contributed by atoms with Gasteiger partial charge in [-0.2, -0.15) is 0 Å².